The average Bonchev–Trinajstić information content (AvgIpc) is 3.29. The van der Waals surface area contributed by atoms with Crippen LogP contribution in [-0.2, 0) is 0 Å². The van der Waals surface area contributed by atoms with Gasteiger partial charge in [0.05, 0.1) is 18.8 Å². The van der Waals surface area contributed by atoms with Crippen molar-refractivity contribution in [3.05, 3.63) is 45.6 Å². The van der Waals surface area contributed by atoms with Gasteiger partial charge in [-0.2, -0.15) is 11.3 Å². The minimum absolute atomic E-state index is 0.209. The molecule has 1 atom stereocenters. The third-order valence-electron chi connectivity index (χ3n) is 4.38. The SMILES string of the molecule is COc1ccc(Cl)cc1NC(=O)NCC(c1ccsc1)N1CCCC1. The highest BCUT2D eigenvalue weighted by Crippen LogP contribution is 2.28. The summed E-state index contributed by atoms with van der Waals surface area (Å²) in [6.07, 6.45) is 2.43. The summed E-state index contributed by atoms with van der Waals surface area (Å²) in [4.78, 5) is 14.8. The number of nitrogens with one attached hydrogen (secondary N) is 2. The number of methoxy groups -OCH3 is 1. The average molecular weight is 380 g/mol. The zero-order chi connectivity index (χ0) is 17.6. The molecule has 1 aromatic heterocycles. The standard InChI is InChI=1S/C18H22ClN3O2S/c1-24-17-5-4-14(19)10-15(17)21-18(23)20-11-16(13-6-9-25-12-13)22-7-2-3-8-22/h4-6,9-10,12,16H,2-3,7-8,11H2,1H3,(H2,20,21,23). The van der Waals surface area contributed by atoms with Gasteiger partial charge >= 0.3 is 6.03 Å². The number of carbonyl (C=O) groups excluding carboxylic acids is 1. The molecule has 2 N–H and O–H groups in total. The van der Waals surface area contributed by atoms with Gasteiger partial charge < -0.3 is 15.4 Å². The zero-order valence-electron chi connectivity index (χ0n) is 14.1. The summed E-state index contributed by atoms with van der Waals surface area (Å²) in [5.41, 5.74) is 1.81. The number of hydrogen-bond donors (Lipinski definition) is 2. The molecule has 0 aliphatic carbocycles. The Morgan fingerprint density at radius 2 is 2.16 bits per heavy atom. The molecule has 7 heteroatoms. The Morgan fingerprint density at radius 3 is 2.84 bits per heavy atom. The molecule has 134 valence electrons. The Hall–Kier alpha value is -1.76. The second-order valence-electron chi connectivity index (χ2n) is 6.00. The maximum Gasteiger partial charge on any atom is 0.319 e. The molecular formula is C18H22ClN3O2S. The van der Waals surface area contributed by atoms with Gasteiger partial charge in [0.1, 0.15) is 5.75 Å². The largest absolute Gasteiger partial charge is 0.495 e. The van der Waals surface area contributed by atoms with Gasteiger partial charge in [0.15, 0.2) is 0 Å². The van der Waals surface area contributed by atoms with E-state index in [0.29, 0.717) is 23.0 Å². The summed E-state index contributed by atoms with van der Waals surface area (Å²) in [6.45, 7) is 2.71. The lowest BCUT2D eigenvalue weighted by molar-refractivity contribution is 0.228. The van der Waals surface area contributed by atoms with Crippen LogP contribution in [0.1, 0.15) is 24.4 Å². The molecule has 1 unspecified atom stereocenters. The normalized spacial score (nSPS) is 15.8. The Balaban J connectivity index is 1.63. The number of amides is 2. The molecule has 2 aromatic rings. The number of nitrogens with zero attached hydrogens (tertiary/aromatic N) is 1. The van der Waals surface area contributed by atoms with E-state index >= 15 is 0 Å². The van der Waals surface area contributed by atoms with Crippen molar-refractivity contribution in [3.8, 4) is 5.75 Å². The Morgan fingerprint density at radius 1 is 1.36 bits per heavy atom. The van der Waals surface area contributed by atoms with Crippen molar-refractivity contribution < 1.29 is 9.53 Å². The van der Waals surface area contributed by atoms with Crippen LogP contribution < -0.4 is 15.4 Å². The van der Waals surface area contributed by atoms with Crippen LogP contribution in [-0.4, -0.2) is 37.7 Å². The van der Waals surface area contributed by atoms with Crippen molar-refractivity contribution >= 4 is 34.7 Å². The number of urea groups is 1. The summed E-state index contributed by atoms with van der Waals surface area (Å²) in [6, 6.07) is 7.21. The Kier molecular flexibility index (Phi) is 6.18. The number of rotatable bonds is 6. The number of benzene rings is 1. The molecular weight excluding hydrogens is 358 g/mol. The van der Waals surface area contributed by atoms with Gasteiger partial charge in [-0.3, -0.25) is 4.90 Å². The summed E-state index contributed by atoms with van der Waals surface area (Å²) >= 11 is 7.69. The minimum atomic E-state index is -0.264. The number of ether oxygens (including phenoxy) is 1. The number of halogens is 1. The first-order chi connectivity index (χ1) is 12.2. The molecule has 1 saturated heterocycles. The zero-order valence-corrected chi connectivity index (χ0v) is 15.7. The monoisotopic (exact) mass is 379 g/mol. The maximum atomic E-state index is 12.3. The smallest absolute Gasteiger partial charge is 0.319 e. The van der Waals surface area contributed by atoms with E-state index in [1.807, 2.05) is 0 Å². The van der Waals surface area contributed by atoms with Gasteiger partial charge in [-0.1, -0.05) is 11.6 Å². The van der Waals surface area contributed by atoms with Crippen molar-refractivity contribution in [1.82, 2.24) is 10.2 Å². The van der Waals surface area contributed by atoms with Crippen LogP contribution in [0, 0.1) is 0 Å². The maximum absolute atomic E-state index is 12.3. The first-order valence-electron chi connectivity index (χ1n) is 8.32. The van der Waals surface area contributed by atoms with Gasteiger partial charge in [0.25, 0.3) is 0 Å². The van der Waals surface area contributed by atoms with Crippen LogP contribution in [0.5, 0.6) is 5.75 Å². The molecule has 0 saturated carbocycles. The van der Waals surface area contributed by atoms with Crippen LogP contribution in [0.4, 0.5) is 10.5 Å². The van der Waals surface area contributed by atoms with Crippen LogP contribution in [0.15, 0.2) is 35.0 Å². The van der Waals surface area contributed by atoms with Crippen molar-refractivity contribution in [1.29, 1.82) is 0 Å². The number of thiophene rings is 1. The van der Waals surface area contributed by atoms with E-state index in [-0.39, 0.29) is 12.1 Å². The highest BCUT2D eigenvalue weighted by atomic mass is 35.5. The van der Waals surface area contributed by atoms with Gasteiger partial charge in [-0.25, -0.2) is 4.79 Å². The molecule has 25 heavy (non-hydrogen) atoms. The van der Waals surface area contributed by atoms with Gasteiger partial charge in [-0.05, 0) is 66.5 Å². The van der Waals surface area contributed by atoms with Crippen LogP contribution >= 0.6 is 22.9 Å². The Labute approximate surface area is 156 Å². The molecule has 0 spiro atoms. The van der Waals surface area contributed by atoms with Crippen molar-refractivity contribution in [2.24, 2.45) is 0 Å². The van der Waals surface area contributed by atoms with E-state index in [9.17, 15) is 4.79 Å². The van der Waals surface area contributed by atoms with Crippen LogP contribution in [0.3, 0.4) is 0 Å². The van der Waals surface area contributed by atoms with Gasteiger partial charge in [0.2, 0.25) is 0 Å². The predicted molar refractivity (Wildman–Crippen MR) is 103 cm³/mol. The Bertz CT molecular complexity index is 702. The lowest BCUT2D eigenvalue weighted by Gasteiger charge is -2.27. The van der Waals surface area contributed by atoms with Crippen molar-refractivity contribution in [3.63, 3.8) is 0 Å². The van der Waals surface area contributed by atoms with Crippen molar-refractivity contribution in [2.45, 2.75) is 18.9 Å². The first kappa shape index (κ1) is 18.0. The van der Waals surface area contributed by atoms with E-state index in [1.54, 1.807) is 36.6 Å². The molecule has 1 fully saturated rings. The lowest BCUT2D eigenvalue weighted by atomic mass is 10.1. The molecule has 2 heterocycles. The third kappa shape index (κ3) is 4.66. The van der Waals surface area contributed by atoms with E-state index in [4.69, 9.17) is 16.3 Å². The summed E-state index contributed by atoms with van der Waals surface area (Å²) in [7, 11) is 1.56. The molecule has 3 rings (SSSR count). The second kappa shape index (κ2) is 8.56. The van der Waals surface area contributed by atoms with Crippen LogP contribution in [0.2, 0.25) is 5.02 Å². The fourth-order valence-corrected chi connectivity index (χ4v) is 3.99. The molecule has 0 bridgehead atoms. The summed E-state index contributed by atoms with van der Waals surface area (Å²) < 4.78 is 5.26. The number of carbonyl (C=O) groups is 1. The number of anilines is 1. The predicted octanol–water partition coefficient (Wildman–Crippen LogP) is 4.37. The van der Waals surface area contributed by atoms with E-state index in [0.717, 1.165) is 13.1 Å². The molecule has 1 aliphatic heterocycles. The molecule has 1 aromatic carbocycles. The quantitative estimate of drug-likeness (QED) is 0.783. The molecule has 0 radical (unpaired) electrons. The minimum Gasteiger partial charge on any atom is -0.495 e. The van der Waals surface area contributed by atoms with E-state index in [2.05, 4.69) is 32.4 Å². The van der Waals surface area contributed by atoms with E-state index in [1.165, 1.54) is 18.4 Å². The third-order valence-corrected chi connectivity index (χ3v) is 5.31. The van der Waals surface area contributed by atoms with Crippen LogP contribution in [0.25, 0.3) is 0 Å². The number of hydrogen-bond acceptors (Lipinski definition) is 4. The summed E-state index contributed by atoms with van der Waals surface area (Å²) in [5.74, 6) is 0.577. The molecule has 2 amide bonds. The number of likely N-dealkylation sites (tertiary alicyclic amines) is 1. The topological polar surface area (TPSA) is 53.6 Å². The summed E-state index contributed by atoms with van der Waals surface area (Å²) in [5, 5.41) is 10.6. The fourth-order valence-electron chi connectivity index (χ4n) is 3.11. The first-order valence-corrected chi connectivity index (χ1v) is 9.64. The fraction of sp³-hybridized carbons (Fsp3) is 0.389. The second-order valence-corrected chi connectivity index (χ2v) is 7.21. The van der Waals surface area contributed by atoms with Crippen molar-refractivity contribution in [2.75, 3.05) is 32.1 Å². The molecule has 1 aliphatic rings. The highest BCUT2D eigenvalue weighted by molar-refractivity contribution is 7.07. The lowest BCUT2D eigenvalue weighted by Crippen LogP contribution is -2.38. The highest BCUT2D eigenvalue weighted by Gasteiger charge is 2.24. The van der Waals surface area contributed by atoms with Gasteiger partial charge in [-0.15, -0.1) is 0 Å². The molecule has 5 nitrogen and oxygen atoms in total. The van der Waals surface area contributed by atoms with Gasteiger partial charge in [0, 0.05) is 11.6 Å². The van der Waals surface area contributed by atoms with E-state index < -0.39 is 0 Å².